The summed E-state index contributed by atoms with van der Waals surface area (Å²) >= 11 is 0. The first-order valence-corrected chi connectivity index (χ1v) is 3.07. The van der Waals surface area contributed by atoms with E-state index in [-0.39, 0.29) is 69.8 Å². The van der Waals surface area contributed by atoms with Gasteiger partial charge < -0.3 is 6.53 Å². The average Bonchev–Trinajstić information content (AvgIpc) is 2.05. The van der Waals surface area contributed by atoms with Gasteiger partial charge in [0, 0.05) is 12.1 Å². The average molecular weight is 207 g/mol. The molecule has 0 fully saturated rings. The van der Waals surface area contributed by atoms with Crippen molar-refractivity contribution in [3.05, 3.63) is 33.9 Å². The van der Waals surface area contributed by atoms with Gasteiger partial charge in [-0.1, -0.05) is 0 Å². The summed E-state index contributed by atoms with van der Waals surface area (Å²) in [5, 5.41) is 19.2. The summed E-state index contributed by atoms with van der Waals surface area (Å²) in [5.41, 5.74) is -0.292. The molecule has 0 aliphatic carbocycles. The number of nitro benzene ring substituents is 1. The Morgan fingerprint density at radius 2 is 2.15 bits per heavy atom. The maximum absolute atomic E-state index is 10.2. The molecule has 1 aromatic rings. The summed E-state index contributed by atoms with van der Waals surface area (Å²) < 4.78 is 0. The molecule has 64 valence electrons. The minimum Gasteiger partial charge on any atom is -1.00 e. The number of hydrogen-bond acceptors (Lipinski definition) is 4. The molecule has 0 bridgehead atoms. The van der Waals surface area contributed by atoms with E-state index in [1.54, 1.807) is 0 Å². The summed E-state index contributed by atoms with van der Waals surface area (Å²) in [6.45, 7) is 0. The molecule has 1 rings (SSSR count). The number of carbonyl (C=O) groups excluding carboxylic acids is 1. The zero-order valence-corrected chi connectivity index (χ0v) is 10.1. The van der Waals surface area contributed by atoms with Crippen molar-refractivity contribution in [1.29, 1.82) is 0 Å². The van der Waals surface area contributed by atoms with Gasteiger partial charge in [-0.05, 0) is 6.07 Å². The van der Waals surface area contributed by atoms with Crippen LogP contribution in [0.15, 0.2) is 18.2 Å². The Hall–Kier alpha value is -0.274. The van der Waals surface area contributed by atoms with Crippen LogP contribution in [0.4, 0.5) is 5.69 Å². The molecule has 0 heterocycles. The van der Waals surface area contributed by atoms with Gasteiger partial charge in [-0.3, -0.25) is 14.9 Å². The molecule has 1 aromatic carbocycles. The van der Waals surface area contributed by atoms with E-state index in [0.29, 0.717) is 6.29 Å². The van der Waals surface area contributed by atoms with Crippen molar-refractivity contribution in [2.75, 3.05) is 0 Å². The van der Waals surface area contributed by atoms with Gasteiger partial charge in [-0.25, -0.2) is 0 Å². The molecule has 13 heavy (non-hydrogen) atoms. The van der Waals surface area contributed by atoms with E-state index in [2.05, 4.69) is 0 Å². The van der Waals surface area contributed by atoms with Gasteiger partial charge in [0.25, 0.3) is 5.69 Å². The molecule has 0 aliphatic rings. The number of carbonyl (C=O) groups is 1. The van der Waals surface area contributed by atoms with E-state index in [1.807, 2.05) is 0 Å². The molecule has 1 N–H and O–H groups in total. The van der Waals surface area contributed by atoms with Gasteiger partial charge in [-0.15, -0.1) is 0 Å². The predicted octanol–water partition coefficient (Wildman–Crippen LogP) is -1.77. The Morgan fingerprint density at radius 1 is 1.54 bits per heavy atom. The van der Waals surface area contributed by atoms with Crippen molar-refractivity contribution in [3.63, 3.8) is 0 Å². The molecule has 0 saturated carbocycles. The fourth-order valence-corrected chi connectivity index (χ4v) is 0.750. The standard InChI is InChI=1S/C7H5NO4.K.H/c9-4-5-3-6(8(11)12)1-2-7(5)10;;/h1-4,10H;;/q;+1;-1. The van der Waals surface area contributed by atoms with Crippen LogP contribution in [0.2, 0.25) is 0 Å². The van der Waals surface area contributed by atoms with Crippen LogP contribution in [0.25, 0.3) is 0 Å². The molecule has 0 saturated heterocycles. The second kappa shape index (κ2) is 5.46. The van der Waals surface area contributed by atoms with Crippen molar-refractivity contribution >= 4 is 12.0 Å². The van der Waals surface area contributed by atoms with Crippen LogP contribution in [-0.4, -0.2) is 16.3 Å². The van der Waals surface area contributed by atoms with E-state index >= 15 is 0 Å². The molecule has 0 atom stereocenters. The van der Waals surface area contributed by atoms with E-state index < -0.39 is 4.92 Å². The molecule has 0 unspecified atom stereocenters. The van der Waals surface area contributed by atoms with Crippen LogP contribution in [-0.2, 0) is 0 Å². The number of phenolic OH excluding ortho intramolecular Hbond substituents is 1. The van der Waals surface area contributed by atoms with Crippen LogP contribution < -0.4 is 51.4 Å². The molecule has 0 aromatic heterocycles. The molecule has 5 nitrogen and oxygen atoms in total. The van der Waals surface area contributed by atoms with Crippen LogP contribution in [0.5, 0.6) is 5.75 Å². The number of nitro groups is 1. The number of non-ortho nitro benzene ring substituents is 1. The molecule has 0 spiro atoms. The second-order valence-electron chi connectivity index (χ2n) is 2.12. The minimum absolute atomic E-state index is 0. The first-order chi connectivity index (χ1) is 5.65. The first-order valence-electron chi connectivity index (χ1n) is 3.07. The van der Waals surface area contributed by atoms with Gasteiger partial charge in [-0.2, -0.15) is 0 Å². The summed E-state index contributed by atoms with van der Waals surface area (Å²) in [6.07, 6.45) is 0.363. The molecular formula is C7H6KNO4. The summed E-state index contributed by atoms with van der Waals surface area (Å²) in [7, 11) is 0. The number of hydrogen-bond donors (Lipinski definition) is 1. The Kier molecular flexibility index (Phi) is 5.34. The number of phenols is 1. The van der Waals surface area contributed by atoms with E-state index in [0.717, 1.165) is 18.2 Å². The van der Waals surface area contributed by atoms with Crippen LogP contribution in [0.3, 0.4) is 0 Å². The Bertz CT molecular complexity index is 344. The number of benzene rings is 1. The van der Waals surface area contributed by atoms with Crippen LogP contribution in [0.1, 0.15) is 11.8 Å². The second-order valence-corrected chi connectivity index (χ2v) is 2.12. The number of rotatable bonds is 2. The third-order valence-corrected chi connectivity index (χ3v) is 1.35. The third-order valence-electron chi connectivity index (χ3n) is 1.35. The minimum atomic E-state index is -0.633. The van der Waals surface area contributed by atoms with Gasteiger partial charge in [0.15, 0.2) is 6.29 Å². The van der Waals surface area contributed by atoms with Gasteiger partial charge in [0.2, 0.25) is 0 Å². The number of nitrogens with zero attached hydrogens (tertiary/aromatic N) is 1. The van der Waals surface area contributed by atoms with Gasteiger partial charge in [0.05, 0.1) is 10.5 Å². The number of aldehydes is 1. The summed E-state index contributed by atoms with van der Waals surface area (Å²) in [6, 6.07) is 3.26. The smallest absolute Gasteiger partial charge is 1.00 e. The Balaban J connectivity index is 0. The molecule has 0 aliphatic heterocycles. The maximum Gasteiger partial charge on any atom is 1.00 e. The zero-order chi connectivity index (χ0) is 9.14. The zero-order valence-electron chi connectivity index (χ0n) is 7.93. The largest absolute Gasteiger partial charge is 1.00 e. The molecular weight excluding hydrogens is 201 g/mol. The quantitative estimate of drug-likeness (QED) is 0.269. The number of aromatic hydroxyl groups is 1. The monoisotopic (exact) mass is 207 g/mol. The third kappa shape index (κ3) is 3.16. The first kappa shape index (κ1) is 12.7. The van der Waals surface area contributed by atoms with E-state index in [1.165, 1.54) is 0 Å². The van der Waals surface area contributed by atoms with Crippen LogP contribution in [0, 0.1) is 10.1 Å². The fraction of sp³-hybridized carbons (Fsp3) is 0. The van der Waals surface area contributed by atoms with Crippen molar-refractivity contribution in [1.82, 2.24) is 0 Å². The van der Waals surface area contributed by atoms with E-state index in [4.69, 9.17) is 5.11 Å². The normalized spacial score (nSPS) is 8.62. The SMILES string of the molecule is O=Cc1cc([N+](=O)[O-])ccc1O.[H-].[K+]. The van der Waals surface area contributed by atoms with Gasteiger partial charge in [0.1, 0.15) is 5.75 Å². The van der Waals surface area contributed by atoms with Crippen molar-refractivity contribution in [2.45, 2.75) is 0 Å². The Morgan fingerprint density at radius 3 is 2.62 bits per heavy atom. The Labute approximate surface area is 118 Å². The van der Waals surface area contributed by atoms with Crippen LogP contribution >= 0.6 is 0 Å². The molecule has 0 radical (unpaired) electrons. The summed E-state index contributed by atoms with van der Waals surface area (Å²) in [4.78, 5) is 19.8. The molecule has 6 heteroatoms. The topological polar surface area (TPSA) is 80.4 Å². The van der Waals surface area contributed by atoms with Crippen molar-refractivity contribution in [2.24, 2.45) is 0 Å². The van der Waals surface area contributed by atoms with E-state index in [9.17, 15) is 14.9 Å². The van der Waals surface area contributed by atoms with Crippen molar-refractivity contribution in [3.8, 4) is 5.75 Å². The van der Waals surface area contributed by atoms with Crippen molar-refractivity contribution < 1.29 is 67.6 Å². The predicted molar refractivity (Wildman–Crippen MR) is 41.3 cm³/mol. The maximum atomic E-state index is 10.2. The summed E-state index contributed by atoms with van der Waals surface area (Å²) in [5.74, 6) is -0.254. The fourth-order valence-electron chi connectivity index (χ4n) is 0.750. The van der Waals surface area contributed by atoms with Gasteiger partial charge >= 0.3 is 51.4 Å². The molecule has 0 amide bonds.